The average molecular weight is 965 g/mol. The lowest BCUT2D eigenvalue weighted by molar-refractivity contribution is -0.332. The van der Waals surface area contributed by atoms with Gasteiger partial charge in [0, 0.05) is 12.5 Å². The molecule has 0 bridgehead atoms. The normalized spacial score (nSPS) is 26.4. The molecule has 2 fully saturated rings. The van der Waals surface area contributed by atoms with E-state index in [-0.39, 0.29) is 13.0 Å². The first-order valence-electron chi connectivity index (χ1n) is 25.6. The first kappa shape index (κ1) is 61.1. The summed E-state index contributed by atoms with van der Waals surface area (Å²) in [6, 6.07) is 0. The zero-order chi connectivity index (χ0) is 49.6. The summed E-state index contributed by atoms with van der Waals surface area (Å²) < 4.78 is 33.3. The standard InChI is InChI=1S/C53H88O15/c1-3-5-7-9-11-13-15-17-19-20-22-23-25-27-29-31-33-35-44(55)63-38-41(66-45(56)36-34-32-30-28-26-24-21-18-16-14-12-10-8-6-4-2)39-64-52-51(62)49(60)47(58)43(68-52)40-65-53-50(61)48(59)46(57)42(37-54)67-53/h7,9,13,15,19-20,23,25,30,32,34,36,41-43,46-54,57-62H,3-6,8,10-12,14,16-18,21-22,24,26-29,31,33,35,37-40H2,1-2H3/b9-7+,15-13+,20-19+,25-23+,32-30+,36-34+/t41-,42+,43+,46-,47-,48?,49?,50?,51?,52+,53+/m0/s1. The van der Waals surface area contributed by atoms with Crippen LogP contribution in [0.15, 0.2) is 72.9 Å². The summed E-state index contributed by atoms with van der Waals surface area (Å²) in [6.07, 6.45) is 29.9. The van der Waals surface area contributed by atoms with Crippen LogP contribution in [0.5, 0.6) is 0 Å². The van der Waals surface area contributed by atoms with Gasteiger partial charge >= 0.3 is 11.9 Å². The third-order valence-electron chi connectivity index (χ3n) is 11.7. The minimum absolute atomic E-state index is 0.157. The number of rotatable bonds is 38. The van der Waals surface area contributed by atoms with E-state index >= 15 is 0 Å². The second-order valence-electron chi connectivity index (χ2n) is 17.7. The summed E-state index contributed by atoms with van der Waals surface area (Å²) in [5.41, 5.74) is 0. The van der Waals surface area contributed by atoms with Crippen LogP contribution < -0.4 is 0 Å². The van der Waals surface area contributed by atoms with Crippen LogP contribution in [-0.2, 0) is 38.0 Å². The summed E-state index contributed by atoms with van der Waals surface area (Å²) in [5.74, 6) is -1.22. The highest BCUT2D eigenvalue weighted by molar-refractivity contribution is 5.82. The van der Waals surface area contributed by atoms with Crippen LogP contribution in [0.2, 0.25) is 0 Å². The fourth-order valence-corrected chi connectivity index (χ4v) is 7.53. The fourth-order valence-electron chi connectivity index (χ4n) is 7.53. The maximum Gasteiger partial charge on any atom is 0.331 e. The zero-order valence-corrected chi connectivity index (χ0v) is 41.1. The number of hydrogen-bond acceptors (Lipinski definition) is 15. The quantitative estimate of drug-likeness (QED) is 0.0108. The third-order valence-corrected chi connectivity index (χ3v) is 11.7. The monoisotopic (exact) mass is 965 g/mol. The number of carbonyl (C=O) groups excluding carboxylic acids is 2. The van der Waals surface area contributed by atoms with Crippen molar-refractivity contribution in [3.8, 4) is 0 Å². The molecule has 7 N–H and O–H groups in total. The number of hydrogen-bond donors (Lipinski definition) is 7. The van der Waals surface area contributed by atoms with Crippen molar-refractivity contribution in [1.29, 1.82) is 0 Å². The Balaban J connectivity index is 1.86. The van der Waals surface area contributed by atoms with Gasteiger partial charge in [0.2, 0.25) is 0 Å². The van der Waals surface area contributed by atoms with Crippen molar-refractivity contribution in [3.05, 3.63) is 72.9 Å². The van der Waals surface area contributed by atoms with Gasteiger partial charge < -0.3 is 64.2 Å². The Morgan fingerprint density at radius 2 is 1.01 bits per heavy atom. The van der Waals surface area contributed by atoms with Gasteiger partial charge in [0.15, 0.2) is 18.7 Å². The molecule has 15 heteroatoms. The smallest absolute Gasteiger partial charge is 0.331 e. The van der Waals surface area contributed by atoms with Crippen LogP contribution in [0.3, 0.4) is 0 Å². The summed E-state index contributed by atoms with van der Waals surface area (Å²) in [6.45, 7) is 2.36. The number of unbranched alkanes of at least 4 members (excludes halogenated alkanes) is 15. The number of carbonyl (C=O) groups is 2. The molecule has 11 atom stereocenters. The maximum absolute atomic E-state index is 12.9. The molecule has 15 nitrogen and oxygen atoms in total. The van der Waals surface area contributed by atoms with Gasteiger partial charge in [0.05, 0.1) is 19.8 Å². The van der Waals surface area contributed by atoms with Crippen molar-refractivity contribution in [2.75, 3.05) is 26.4 Å². The van der Waals surface area contributed by atoms with Gasteiger partial charge in [-0.2, -0.15) is 0 Å². The molecule has 68 heavy (non-hydrogen) atoms. The molecule has 2 saturated heterocycles. The average Bonchev–Trinajstić information content (AvgIpc) is 3.33. The van der Waals surface area contributed by atoms with Crippen LogP contribution in [-0.4, -0.2) is 142 Å². The van der Waals surface area contributed by atoms with Crippen molar-refractivity contribution in [1.82, 2.24) is 0 Å². The highest BCUT2D eigenvalue weighted by Crippen LogP contribution is 2.26. The lowest BCUT2D eigenvalue weighted by Gasteiger charge is -2.42. The topological polar surface area (TPSA) is 231 Å². The summed E-state index contributed by atoms with van der Waals surface area (Å²) in [5, 5.41) is 72.0. The molecule has 2 rings (SSSR count). The Morgan fingerprint density at radius 3 is 1.60 bits per heavy atom. The van der Waals surface area contributed by atoms with E-state index in [2.05, 4.69) is 62.5 Å². The van der Waals surface area contributed by atoms with Gasteiger partial charge in [0.1, 0.15) is 55.4 Å². The van der Waals surface area contributed by atoms with Gasteiger partial charge in [-0.15, -0.1) is 0 Å². The molecule has 390 valence electrons. The fraction of sp³-hybridized carbons (Fsp3) is 0.736. The largest absolute Gasteiger partial charge is 0.462 e. The molecule has 0 spiro atoms. The van der Waals surface area contributed by atoms with Gasteiger partial charge in [-0.1, -0.05) is 158 Å². The number of esters is 2. The number of aliphatic hydroxyl groups is 7. The molecule has 0 aliphatic carbocycles. The van der Waals surface area contributed by atoms with Gasteiger partial charge in [-0.05, 0) is 57.8 Å². The van der Waals surface area contributed by atoms with Crippen molar-refractivity contribution in [2.45, 2.75) is 223 Å². The zero-order valence-electron chi connectivity index (χ0n) is 41.1. The lowest BCUT2D eigenvalue weighted by atomic mass is 9.98. The third kappa shape index (κ3) is 27.4. The molecule has 0 aromatic carbocycles. The minimum Gasteiger partial charge on any atom is -0.462 e. The molecule has 0 aromatic rings. The molecule has 0 saturated carbocycles. The van der Waals surface area contributed by atoms with Gasteiger partial charge in [-0.3, -0.25) is 4.79 Å². The number of ether oxygens (including phenoxy) is 6. The highest BCUT2D eigenvalue weighted by atomic mass is 16.7. The Morgan fingerprint density at radius 1 is 0.515 bits per heavy atom. The molecule has 2 aliphatic heterocycles. The van der Waals surface area contributed by atoms with E-state index < -0.39 is 99.3 Å². The van der Waals surface area contributed by atoms with Crippen molar-refractivity contribution in [2.24, 2.45) is 0 Å². The Kier molecular flexibility index (Phi) is 35.6. The second kappa shape index (κ2) is 39.6. The number of allylic oxidation sites excluding steroid dienone is 11. The van der Waals surface area contributed by atoms with Crippen LogP contribution >= 0.6 is 0 Å². The minimum atomic E-state index is -1.79. The van der Waals surface area contributed by atoms with E-state index in [1.54, 1.807) is 12.2 Å². The number of aliphatic hydroxyl groups excluding tert-OH is 7. The summed E-state index contributed by atoms with van der Waals surface area (Å²) >= 11 is 0. The predicted octanol–water partition coefficient (Wildman–Crippen LogP) is 7.04. The summed E-state index contributed by atoms with van der Waals surface area (Å²) in [4.78, 5) is 25.6. The molecular formula is C53H88O15. The molecule has 0 radical (unpaired) electrons. The first-order chi connectivity index (χ1) is 33.0. The molecule has 4 unspecified atom stereocenters. The van der Waals surface area contributed by atoms with Crippen LogP contribution in [0.1, 0.15) is 155 Å². The van der Waals surface area contributed by atoms with Crippen molar-refractivity contribution < 1.29 is 73.8 Å². The molecule has 2 heterocycles. The molecule has 0 amide bonds. The van der Waals surface area contributed by atoms with E-state index in [9.17, 15) is 45.3 Å². The van der Waals surface area contributed by atoms with Crippen LogP contribution in [0.25, 0.3) is 0 Å². The van der Waals surface area contributed by atoms with Crippen LogP contribution in [0, 0.1) is 0 Å². The Hall–Kier alpha value is -3.06. The summed E-state index contributed by atoms with van der Waals surface area (Å²) in [7, 11) is 0. The van der Waals surface area contributed by atoms with E-state index in [1.165, 1.54) is 70.3 Å². The predicted molar refractivity (Wildman–Crippen MR) is 261 cm³/mol. The van der Waals surface area contributed by atoms with E-state index in [0.717, 1.165) is 64.2 Å². The van der Waals surface area contributed by atoms with E-state index in [1.807, 2.05) is 6.08 Å². The lowest BCUT2D eigenvalue weighted by Crippen LogP contribution is -2.61. The Labute approximate surface area is 406 Å². The molecular weight excluding hydrogens is 877 g/mol. The highest BCUT2D eigenvalue weighted by Gasteiger charge is 2.47. The maximum atomic E-state index is 12.9. The van der Waals surface area contributed by atoms with Crippen LogP contribution in [0.4, 0.5) is 0 Å². The second-order valence-corrected chi connectivity index (χ2v) is 17.7. The van der Waals surface area contributed by atoms with E-state index in [0.29, 0.717) is 6.42 Å². The van der Waals surface area contributed by atoms with Crippen molar-refractivity contribution >= 4 is 11.9 Å². The SMILES string of the molecule is CCC/C=C/C/C=C/C/C=C/C/C=C/CCCCCC(=O)OC[C@@H](CO[C@@H]1O[C@H](CO[C@@H]2O[C@H](CO)[C@H](O)C(O)C2O)[C@H](O)C(O)C1O)OC(=O)/C=C/C=C/CCCCCCCCCCCCC. The Bertz CT molecular complexity index is 1460. The molecule has 0 aromatic heterocycles. The first-order valence-corrected chi connectivity index (χ1v) is 25.6. The van der Waals surface area contributed by atoms with Crippen molar-refractivity contribution in [3.63, 3.8) is 0 Å². The van der Waals surface area contributed by atoms with Gasteiger partial charge in [-0.25, -0.2) is 4.79 Å². The van der Waals surface area contributed by atoms with Gasteiger partial charge in [0.25, 0.3) is 0 Å². The van der Waals surface area contributed by atoms with E-state index in [4.69, 9.17) is 28.4 Å². The molecule has 2 aliphatic rings.